The predicted molar refractivity (Wildman–Crippen MR) is 91.9 cm³/mol. The summed E-state index contributed by atoms with van der Waals surface area (Å²) in [4.78, 5) is 19.3. The Bertz CT molecular complexity index is 648. The molecule has 23 heavy (non-hydrogen) atoms. The number of halogens is 1. The van der Waals surface area contributed by atoms with E-state index < -0.39 is 0 Å². The number of hydrogen-bond acceptors (Lipinski definition) is 3. The summed E-state index contributed by atoms with van der Waals surface area (Å²) in [7, 11) is 0. The summed E-state index contributed by atoms with van der Waals surface area (Å²) >= 11 is 6.29. The van der Waals surface area contributed by atoms with Gasteiger partial charge in [0.2, 0.25) is 0 Å². The van der Waals surface area contributed by atoms with Crippen LogP contribution in [0, 0.1) is 0 Å². The Hall–Kier alpha value is -1.65. The standard InChI is InChI=1S/C18H21ClN2O2/c1-13-10-15(11-20-13)18(22)21(16-6-8-23-9-7-16)12-14-4-2-3-5-17(14)19/h2-5,10,16H,6-9,11-12H2,1H3. The Labute approximate surface area is 141 Å². The molecule has 0 bridgehead atoms. The van der Waals surface area contributed by atoms with Crippen molar-refractivity contribution in [1.29, 1.82) is 0 Å². The lowest BCUT2D eigenvalue weighted by molar-refractivity contribution is -0.132. The predicted octanol–water partition coefficient (Wildman–Crippen LogP) is 3.25. The molecule has 0 spiro atoms. The van der Waals surface area contributed by atoms with Crippen LogP contribution in [-0.4, -0.2) is 42.3 Å². The maximum absolute atomic E-state index is 13.0. The zero-order chi connectivity index (χ0) is 16.2. The molecule has 0 N–H and O–H groups in total. The Morgan fingerprint density at radius 3 is 2.74 bits per heavy atom. The van der Waals surface area contributed by atoms with E-state index in [9.17, 15) is 4.79 Å². The zero-order valence-corrected chi connectivity index (χ0v) is 14.1. The van der Waals surface area contributed by atoms with Crippen molar-refractivity contribution in [2.24, 2.45) is 4.99 Å². The van der Waals surface area contributed by atoms with Crippen molar-refractivity contribution in [3.63, 3.8) is 0 Å². The molecule has 0 atom stereocenters. The maximum Gasteiger partial charge on any atom is 0.252 e. The molecule has 2 aliphatic rings. The summed E-state index contributed by atoms with van der Waals surface area (Å²) in [6, 6.07) is 7.89. The van der Waals surface area contributed by atoms with Crippen LogP contribution in [0.3, 0.4) is 0 Å². The van der Waals surface area contributed by atoms with Gasteiger partial charge in [0.25, 0.3) is 5.91 Å². The van der Waals surface area contributed by atoms with Gasteiger partial charge in [0, 0.05) is 42.1 Å². The van der Waals surface area contributed by atoms with E-state index >= 15 is 0 Å². The highest BCUT2D eigenvalue weighted by Gasteiger charge is 2.29. The molecule has 122 valence electrons. The van der Waals surface area contributed by atoms with Crippen LogP contribution in [0.1, 0.15) is 25.3 Å². The summed E-state index contributed by atoms with van der Waals surface area (Å²) in [5.41, 5.74) is 2.66. The molecule has 5 heteroatoms. The number of hydrogen-bond donors (Lipinski definition) is 0. The van der Waals surface area contributed by atoms with E-state index in [1.165, 1.54) is 0 Å². The quantitative estimate of drug-likeness (QED) is 0.849. The average Bonchev–Trinajstić information content (AvgIpc) is 3.01. The van der Waals surface area contributed by atoms with Crippen molar-refractivity contribution in [3.8, 4) is 0 Å². The monoisotopic (exact) mass is 332 g/mol. The molecule has 1 fully saturated rings. The van der Waals surface area contributed by atoms with Gasteiger partial charge in [-0.2, -0.15) is 0 Å². The van der Waals surface area contributed by atoms with E-state index in [1.807, 2.05) is 42.2 Å². The summed E-state index contributed by atoms with van der Waals surface area (Å²) in [6.07, 6.45) is 3.62. The topological polar surface area (TPSA) is 41.9 Å². The van der Waals surface area contributed by atoms with Crippen LogP contribution < -0.4 is 0 Å². The van der Waals surface area contributed by atoms with Gasteiger partial charge in [0.05, 0.1) is 6.54 Å². The Morgan fingerprint density at radius 2 is 2.09 bits per heavy atom. The summed E-state index contributed by atoms with van der Waals surface area (Å²) in [5.74, 6) is 0.0671. The second-order valence-electron chi connectivity index (χ2n) is 6.00. The fraction of sp³-hybridized carbons (Fsp3) is 0.444. The van der Waals surface area contributed by atoms with Gasteiger partial charge in [0.1, 0.15) is 0 Å². The van der Waals surface area contributed by atoms with Gasteiger partial charge >= 0.3 is 0 Å². The highest BCUT2D eigenvalue weighted by molar-refractivity contribution is 6.31. The third-order valence-electron chi connectivity index (χ3n) is 4.35. The largest absolute Gasteiger partial charge is 0.381 e. The van der Waals surface area contributed by atoms with Crippen LogP contribution in [0.2, 0.25) is 5.02 Å². The molecule has 4 nitrogen and oxygen atoms in total. The highest BCUT2D eigenvalue weighted by Crippen LogP contribution is 2.24. The minimum Gasteiger partial charge on any atom is -0.381 e. The molecule has 0 unspecified atom stereocenters. The number of amides is 1. The van der Waals surface area contributed by atoms with Gasteiger partial charge in [-0.05, 0) is 37.5 Å². The molecule has 2 heterocycles. The van der Waals surface area contributed by atoms with E-state index in [1.54, 1.807) is 0 Å². The van der Waals surface area contributed by atoms with E-state index in [4.69, 9.17) is 16.3 Å². The molecule has 3 rings (SSSR count). The lowest BCUT2D eigenvalue weighted by atomic mass is 10.0. The smallest absolute Gasteiger partial charge is 0.252 e. The second kappa shape index (κ2) is 7.28. The van der Waals surface area contributed by atoms with Crippen molar-refractivity contribution in [1.82, 2.24) is 4.90 Å². The molecule has 0 aromatic heterocycles. The maximum atomic E-state index is 13.0. The fourth-order valence-corrected chi connectivity index (χ4v) is 3.24. The lowest BCUT2D eigenvalue weighted by Gasteiger charge is -2.35. The van der Waals surface area contributed by atoms with Crippen LogP contribution in [0.25, 0.3) is 0 Å². The Kier molecular flexibility index (Phi) is 5.13. The molecule has 2 aliphatic heterocycles. The molecular weight excluding hydrogens is 312 g/mol. The van der Waals surface area contributed by atoms with Crippen molar-refractivity contribution >= 4 is 23.2 Å². The van der Waals surface area contributed by atoms with E-state index in [0.29, 0.717) is 31.3 Å². The van der Waals surface area contributed by atoms with Gasteiger partial charge in [0.15, 0.2) is 0 Å². The van der Waals surface area contributed by atoms with Crippen molar-refractivity contribution < 1.29 is 9.53 Å². The van der Waals surface area contributed by atoms with Crippen molar-refractivity contribution in [2.75, 3.05) is 19.8 Å². The molecule has 0 saturated carbocycles. The van der Waals surface area contributed by atoms with Gasteiger partial charge in [-0.1, -0.05) is 29.8 Å². The number of ether oxygens (including phenoxy) is 1. The van der Waals surface area contributed by atoms with Gasteiger partial charge < -0.3 is 9.64 Å². The zero-order valence-electron chi connectivity index (χ0n) is 13.3. The van der Waals surface area contributed by atoms with Crippen LogP contribution in [0.5, 0.6) is 0 Å². The van der Waals surface area contributed by atoms with Gasteiger partial charge in [-0.25, -0.2) is 0 Å². The van der Waals surface area contributed by atoms with Crippen molar-refractivity contribution in [2.45, 2.75) is 32.4 Å². The van der Waals surface area contributed by atoms with E-state index in [-0.39, 0.29) is 11.9 Å². The van der Waals surface area contributed by atoms with Crippen LogP contribution in [0.4, 0.5) is 0 Å². The number of carbonyl (C=O) groups excluding carboxylic acids is 1. The fourth-order valence-electron chi connectivity index (χ4n) is 3.04. The third kappa shape index (κ3) is 3.82. The number of carbonyl (C=O) groups is 1. The Balaban J connectivity index is 1.83. The normalized spacial score (nSPS) is 18.5. The molecule has 0 aliphatic carbocycles. The first-order chi connectivity index (χ1) is 11.1. The molecule has 1 aromatic rings. The number of aliphatic imine (C=N–C) groups is 1. The van der Waals surface area contributed by atoms with Crippen LogP contribution in [0.15, 0.2) is 40.9 Å². The van der Waals surface area contributed by atoms with Crippen LogP contribution >= 0.6 is 11.6 Å². The minimum atomic E-state index is 0.0671. The summed E-state index contributed by atoms with van der Waals surface area (Å²) < 4.78 is 5.44. The van der Waals surface area contributed by atoms with Gasteiger partial charge in [-0.15, -0.1) is 0 Å². The number of rotatable bonds is 4. The number of benzene rings is 1. The minimum absolute atomic E-state index is 0.0671. The Morgan fingerprint density at radius 1 is 1.35 bits per heavy atom. The first-order valence-electron chi connectivity index (χ1n) is 7.99. The first-order valence-corrected chi connectivity index (χ1v) is 8.36. The van der Waals surface area contributed by atoms with E-state index in [2.05, 4.69) is 4.99 Å². The highest BCUT2D eigenvalue weighted by atomic mass is 35.5. The van der Waals surface area contributed by atoms with Crippen LogP contribution in [-0.2, 0) is 16.1 Å². The average molecular weight is 333 g/mol. The van der Waals surface area contributed by atoms with Gasteiger partial charge in [-0.3, -0.25) is 9.79 Å². The lowest BCUT2D eigenvalue weighted by Crippen LogP contribution is -2.43. The molecule has 1 saturated heterocycles. The number of allylic oxidation sites excluding steroid dienone is 1. The van der Waals surface area contributed by atoms with Crippen molar-refractivity contribution in [3.05, 3.63) is 46.5 Å². The second-order valence-corrected chi connectivity index (χ2v) is 6.40. The molecule has 0 radical (unpaired) electrons. The molecule has 1 aromatic carbocycles. The molecule has 1 amide bonds. The third-order valence-corrected chi connectivity index (χ3v) is 4.72. The summed E-state index contributed by atoms with van der Waals surface area (Å²) in [6.45, 7) is 4.33. The van der Waals surface area contributed by atoms with E-state index in [0.717, 1.165) is 29.7 Å². The SMILES string of the molecule is CC1=NCC(C(=O)N(Cc2ccccc2Cl)C2CCOCC2)=C1. The number of nitrogens with zero attached hydrogens (tertiary/aromatic N) is 2. The summed E-state index contributed by atoms with van der Waals surface area (Å²) in [5, 5.41) is 0.699. The molecular formula is C18H21ClN2O2. The first kappa shape index (κ1) is 16.2.